The molecule has 1 aromatic heterocycles. The van der Waals surface area contributed by atoms with Crippen LogP contribution in [-0.2, 0) is 0 Å². The van der Waals surface area contributed by atoms with Crippen molar-refractivity contribution in [3.8, 4) is 11.1 Å². The zero-order chi connectivity index (χ0) is 13.4. The van der Waals surface area contributed by atoms with Gasteiger partial charge in [0.1, 0.15) is 11.5 Å². The average molecular weight is 255 g/mol. The summed E-state index contributed by atoms with van der Waals surface area (Å²) in [4.78, 5) is 13.8. The Morgan fingerprint density at radius 2 is 1.89 bits per heavy atom. The Morgan fingerprint density at radius 1 is 1.11 bits per heavy atom. The van der Waals surface area contributed by atoms with E-state index in [2.05, 4.69) is 4.98 Å². The lowest BCUT2D eigenvalue weighted by Gasteiger charge is -2.03. The minimum Gasteiger partial charge on any atom is -0.477 e. The van der Waals surface area contributed by atoms with Gasteiger partial charge in [0.05, 0.1) is 5.52 Å². The summed E-state index contributed by atoms with van der Waals surface area (Å²) in [5.74, 6) is -1.33. The Hall–Kier alpha value is -2.62. The van der Waals surface area contributed by atoms with Gasteiger partial charge in [0, 0.05) is 10.9 Å². The fourth-order valence-corrected chi connectivity index (χ4v) is 2.17. The number of hydrogen-bond donors (Lipinski definition) is 2. The van der Waals surface area contributed by atoms with E-state index in [-0.39, 0.29) is 11.5 Å². The molecule has 0 aliphatic rings. The summed E-state index contributed by atoms with van der Waals surface area (Å²) in [5, 5.41) is 9.79. The maximum atomic E-state index is 13.3. The second-order valence-electron chi connectivity index (χ2n) is 4.27. The first-order valence-corrected chi connectivity index (χ1v) is 5.76. The van der Waals surface area contributed by atoms with E-state index in [1.807, 2.05) is 18.2 Å². The molecule has 19 heavy (non-hydrogen) atoms. The lowest BCUT2D eigenvalue weighted by Crippen LogP contribution is -1.95. The lowest BCUT2D eigenvalue weighted by atomic mass is 10.0. The van der Waals surface area contributed by atoms with Gasteiger partial charge in [-0.05, 0) is 23.8 Å². The SMILES string of the molecule is O=C(O)c1cc2cccc(-c3cccc(F)c3)c2[nH]1. The fraction of sp³-hybridized carbons (Fsp3) is 0. The number of aromatic carboxylic acids is 1. The Morgan fingerprint density at radius 3 is 2.63 bits per heavy atom. The third-order valence-corrected chi connectivity index (χ3v) is 3.02. The molecule has 3 nitrogen and oxygen atoms in total. The summed E-state index contributed by atoms with van der Waals surface area (Å²) >= 11 is 0. The number of para-hydroxylation sites is 1. The Balaban J connectivity index is 2.26. The fourth-order valence-electron chi connectivity index (χ4n) is 2.17. The number of nitrogens with one attached hydrogen (secondary N) is 1. The highest BCUT2D eigenvalue weighted by molar-refractivity contribution is 5.99. The van der Waals surface area contributed by atoms with Crippen molar-refractivity contribution in [1.29, 1.82) is 0 Å². The number of rotatable bonds is 2. The van der Waals surface area contributed by atoms with Crippen LogP contribution in [0.25, 0.3) is 22.0 Å². The average Bonchev–Trinajstić information content (AvgIpc) is 2.82. The molecule has 2 N–H and O–H groups in total. The molecule has 0 amide bonds. The minimum atomic E-state index is -1.01. The van der Waals surface area contributed by atoms with E-state index >= 15 is 0 Å². The van der Waals surface area contributed by atoms with Crippen LogP contribution < -0.4 is 0 Å². The van der Waals surface area contributed by atoms with Gasteiger partial charge < -0.3 is 10.1 Å². The normalized spacial score (nSPS) is 10.8. The van der Waals surface area contributed by atoms with E-state index in [9.17, 15) is 9.18 Å². The summed E-state index contributed by atoms with van der Waals surface area (Å²) in [6.45, 7) is 0. The van der Waals surface area contributed by atoms with Gasteiger partial charge in [-0.3, -0.25) is 0 Å². The molecule has 4 heteroatoms. The predicted molar refractivity (Wildman–Crippen MR) is 70.7 cm³/mol. The number of H-pyrrole nitrogens is 1. The largest absolute Gasteiger partial charge is 0.477 e. The van der Waals surface area contributed by atoms with E-state index < -0.39 is 5.97 Å². The van der Waals surface area contributed by atoms with Crippen molar-refractivity contribution in [2.75, 3.05) is 0 Å². The number of aromatic nitrogens is 1. The van der Waals surface area contributed by atoms with Crippen LogP contribution in [0.3, 0.4) is 0 Å². The molecule has 0 unspecified atom stereocenters. The molecule has 1 heterocycles. The topological polar surface area (TPSA) is 53.1 Å². The maximum Gasteiger partial charge on any atom is 0.352 e. The smallest absolute Gasteiger partial charge is 0.352 e. The van der Waals surface area contributed by atoms with Crippen LogP contribution in [-0.4, -0.2) is 16.1 Å². The molecule has 0 bridgehead atoms. The minimum absolute atomic E-state index is 0.124. The maximum absolute atomic E-state index is 13.3. The summed E-state index contributed by atoms with van der Waals surface area (Å²) < 4.78 is 13.3. The first kappa shape index (κ1) is 11.5. The second kappa shape index (κ2) is 4.24. The lowest BCUT2D eigenvalue weighted by molar-refractivity contribution is 0.0691. The van der Waals surface area contributed by atoms with Crippen LogP contribution in [0.1, 0.15) is 10.5 Å². The van der Waals surface area contributed by atoms with Crippen LogP contribution in [0.2, 0.25) is 0 Å². The summed E-state index contributed by atoms with van der Waals surface area (Å²) in [6, 6.07) is 13.3. The van der Waals surface area contributed by atoms with E-state index in [0.717, 1.165) is 10.9 Å². The highest BCUT2D eigenvalue weighted by atomic mass is 19.1. The van der Waals surface area contributed by atoms with Crippen molar-refractivity contribution >= 4 is 16.9 Å². The van der Waals surface area contributed by atoms with Crippen LogP contribution in [0, 0.1) is 5.82 Å². The second-order valence-corrected chi connectivity index (χ2v) is 4.27. The van der Waals surface area contributed by atoms with Gasteiger partial charge in [0.2, 0.25) is 0 Å². The molecule has 0 aliphatic heterocycles. The first-order chi connectivity index (χ1) is 9.15. The van der Waals surface area contributed by atoms with Gasteiger partial charge in [-0.2, -0.15) is 0 Å². The number of aromatic amines is 1. The third-order valence-electron chi connectivity index (χ3n) is 3.02. The molecule has 0 aliphatic carbocycles. The molecule has 94 valence electrons. The molecule has 0 saturated heterocycles. The Bertz CT molecular complexity index is 777. The predicted octanol–water partition coefficient (Wildman–Crippen LogP) is 3.67. The molecule has 2 aromatic carbocycles. The quantitative estimate of drug-likeness (QED) is 0.734. The number of halogens is 1. The monoisotopic (exact) mass is 255 g/mol. The van der Waals surface area contributed by atoms with Gasteiger partial charge in [0.25, 0.3) is 0 Å². The molecular weight excluding hydrogens is 245 g/mol. The van der Waals surface area contributed by atoms with Crippen LogP contribution >= 0.6 is 0 Å². The van der Waals surface area contributed by atoms with Gasteiger partial charge in [-0.25, -0.2) is 9.18 Å². The van der Waals surface area contributed by atoms with Crippen molar-refractivity contribution in [2.45, 2.75) is 0 Å². The number of hydrogen-bond acceptors (Lipinski definition) is 1. The van der Waals surface area contributed by atoms with Crippen LogP contribution in [0.4, 0.5) is 4.39 Å². The van der Waals surface area contributed by atoms with Gasteiger partial charge >= 0.3 is 5.97 Å². The van der Waals surface area contributed by atoms with Gasteiger partial charge in [0.15, 0.2) is 0 Å². The molecule has 3 rings (SSSR count). The van der Waals surface area contributed by atoms with E-state index in [1.54, 1.807) is 18.2 Å². The third kappa shape index (κ3) is 1.97. The molecule has 3 aromatic rings. The van der Waals surface area contributed by atoms with Crippen LogP contribution in [0.5, 0.6) is 0 Å². The van der Waals surface area contributed by atoms with Crippen molar-refractivity contribution in [1.82, 2.24) is 4.98 Å². The van der Waals surface area contributed by atoms with Crippen molar-refractivity contribution in [3.63, 3.8) is 0 Å². The number of carboxylic acids is 1. The number of benzene rings is 2. The zero-order valence-electron chi connectivity index (χ0n) is 9.85. The van der Waals surface area contributed by atoms with Gasteiger partial charge in [-0.1, -0.05) is 30.3 Å². The summed E-state index contributed by atoms with van der Waals surface area (Å²) in [7, 11) is 0. The van der Waals surface area contributed by atoms with Crippen molar-refractivity contribution < 1.29 is 14.3 Å². The Kier molecular flexibility index (Phi) is 2.56. The molecule has 0 fully saturated rings. The van der Waals surface area contributed by atoms with E-state index in [0.29, 0.717) is 11.1 Å². The van der Waals surface area contributed by atoms with Crippen LogP contribution in [0.15, 0.2) is 48.5 Å². The summed E-state index contributed by atoms with van der Waals surface area (Å²) in [5.41, 5.74) is 2.32. The van der Waals surface area contributed by atoms with E-state index in [4.69, 9.17) is 5.11 Å². The number of fused-ring (bicyclic) bond motifs is 1. The number of carboxylic acid groups (broad SMARTS) is 1. The van der Waals surface area contributed by atoms with E-state index in [1.165, 1.54) is 12.1 Å². The molecular formula is C15H10FNO2. The molecule has 0 radical (unpaired) electrons. The highest BCUT2D eigenvalue weighted by Crippen LogP contribution is 2.29. The summed E-state index contributed by atoms with van der Waals surface area (Å²) in [6.07, 6.45) is 0. The standard InChI is InChI=1S/C15H10FNO2/c16-11-5-1-3-9(7-11)12-6-2-4-10-8-13(15(18)19)17-14(10)12/h1-8,17H,(H,18,19). The molecule has 0 spiro atoms. The highest BCUT2D eigenvalue weighted by Gasteiger charge is 2.11. The van der Waals surface area contributed by atoms with Gasteiger partial charge in [-0.15, -0.1) is 0 Å². The van der Waals surface area contributed by atoms with Crippen molar-refractivity contribution in [3.05, 3.63) is 60.0 Å². The Labute approximate surface area is 108 Å². The van der Waals surface area contributed by atoms with Crippen molar-refractivity contribution in [2.24, 2.45) is 0 Å². The molecule has 0 saturated carbocycles. The molecule has 0 atom stereocenters. The number of carbonyl (C=O) groups is 1. The first-order valence-electron chi connectivity index (χ1n) is 5.76. The zero-order valence-corrected chi connectivity index (χ0v) is 9.85.